The van der Waals surface area contributed by atoms with E-state index in [-0.39, 0.29) is 11.6 Å². The van der Waals surface area contributed by atoms with E-state index in [1.165, 1.54) is 35.1 Å². The Labute approximate surface area is 309 Å². The van der Waals surface area contributed by atoms with Gasteiger partial charge in [-0.2, -0.15) is 20.4 Å². The second kappa shape index (κ2) is 15.9. The van der Waals surface area contributed by atoms with Gasteiger partial charge in [0, 0.05) is 42.2 Å². The molecule has 0 amide bonds. The van der Waals surface area contributed by atoms with Gasteiger partial charge in [0.05, 0.1) is 72.8 Å². The Hall–Kier alpha value is -5.39. The number of aliphatic hydroxyl groups excluding tert-OH is 1. The van der Waals surface area contributed by atoms with Gasteiger partial charge in [-0.1, -0.05) is 0 Å². The quantitative estimate of drug-likeness (QED) is 0.179. The molecule has 2 aromatic carbocycles. The maximum atomic E-state index is 13.9. The summed E-state index contributed by atoms with van der Waals surface area (Å²) in [5.41, 5.74) is 5.64. The molecular formula is C38H40F2N8O6. The molecule has 1 atom stereocenters. The Morgan fingerprint density at radius 2 is 1.28 bits per heavy atom. The summed E-state index contributed by atoms with van der Waals surface area (Å²) in [5, 5.41) is 28.3. The maximum Gasteiger partial charge on any atom is 0.214 e. The smallest absolute Gasteiger partial charge is 0.214 e. The molecule has 2 aliphatic heterocycles. The molecule has 54 heavy (non-hydrogen) atoms. The summed E-state index contributed by atoms with van der Waals surface area (Å²) in [6.07, 6.45) is 4.40. The fraction of sp³-hybridized carbons (Fsp3) is 0.342. The molecule has 6 aromatic rings. The van der Waals surface area contributed by atoms with E-state index < -0.39 is 24.5 Å². The Morgan fingerprint density at radius 3 is 1.83 bits per heavy atom. The number of nitrogens with zero attached hydrogens (tertiary/aromatic N) is 8. The highest BCUT2D eigenvalue weighted by Crippen LogP contribution is 2.33. The number of carbonyl (C=O) groups excluding carboxylic acids is 1. The van der Waals surface area contributed by atoms with Crippen molar-refractivity contribution in [2.24, 2.45) is 0 Å². The summed E-state index contributed by atoms with van der Waals surface area (Å²) in [6.45, 7) is 10.7. The number of aromatic nitrogens is 8. The summed E-state index contributed by atoms with van der Waals surface area (Å²) in [4.78, 5) is 13.0. The van der Waals surface area contributed by atoms with Crippen LogP contribution in [-0.4, -0.2) is 76.4 Å². The van der Waals surface area contributed by atoms with Crippen LogP contribution in [0.15, 0.2) is 73.3 Å². The van der Waals surface area contributed by atoms with Gasteiger partial charge in [-0.05, 0) is 76.2 Å². The van der Waals surface area contributed by atoms with Gasteiger partial charge >= 0.3 is 0 Å². The van der Waals surface area contributed by atoms with Gasteiger partial charge in [0.2, 0.25) is 5.78 Å². The summed E-state index contributed by atoms with van der Waals surface area (Å²) < 4.78 is 56.5. The van der Waals surface area contributed by atoms with Crippen LogP contribution in [-0.2, 0) is 32.0 Å². The fourth-order valence-corrected chi connectivity index (χ4v) is 6.31. The lowest BCUT2D eigenvalue weighted by molar-refractivity contribution is -0.0445. The third kappa shape index (κ3) is 7.65. The molecule has 2 saturated heterocycles. The van der Waals surface area contributed by atoms with Crippen molar-refractivity contribution in [3.05, 3.63) is 130 Å². The maximum absolute atomic E-state index is 13.9. The molecule has 4 aromatic heterocycles. The largest absolute Gasteiger partial charge is 0.382 e. The summed E-state index contributed by atoms with van der Waals surface area (Å²) in [5.74, 6) is -1.00. The normalized spacial score (nSPS) is 15.5. The van der Waals surface area contributed by atoms with Crippen LogP contribution in [0.3, 0.4) is 0 Å². The minimum atomic E-state index is -0.921. The van der Waals surface area contributed by atoms with E-state index in [0.29, 0.717) is 90.2 Å². The van der Waals surface area contributed by atoms with E-state index in [1.54, 1.807) is 63.8 Å². The van der Waals surface area contributed by atoms with Crippen LogP contribution in [0.5, 0.6) is 0 Å². The molecule has 0 spiro atoms. The van der Waals surface area contributed by atoms with Crippen LogP contribution < -0.4 is 0 Å². The lowest BCUT2D eigenvalue weighted by atomic mass is 10.1. The van der Waals surface area contributed by atoms with Gasteiger partial charge in [0.15, 0.2) is 12.6 Å². The first-order valence-corrected chi connectivity index (χ1v) is 17.6. The molecule has 14 nitrogen and oxygen atoms in total. The lowest BCUT2D eigenvalue weighted by Crippen LogP contribution is -2.13. The van der Waals surface area contributed by atoms with E-state index >= 15 is 0 Å². The van der Waals surface area contributed by atoms with Crippen molar-refractivity contribution in [2.45, 2.75) is 59.5 Å². The number of aryl methyl sites for hydroxylation is 4. The van der Waals surface area contributed by atoms with E-state index in [9.17, 15) is 18.7 Å². The van der Waals surface area contributed by atoms with Gasteiger partial charge in [0.25, 0.3) is 0 Å². The minimum Gasteiger partial charge on any atom is -0.382 e. The second-order valence-corrected chi connectivity index (χ2v) is 12.7. The molecule has 282 valence electrons. The lowest BCUT2D eigenvalue weighted by Gasteiger charge is -2.18. The number of aliphatic hydroxyl groups is 1. The van der Waals surface area contributed by atoms with Crippen molar-refractivity contribution in [1.29, 1.82) is 0 Å². The average molecular weight is 743 g/mol. The average Bonchev–Trinajstić information content (AvgIpc) is 4.02. The number of ketones is 1. The zero-order valence-electron chi connectivity index (χ0n) is 30.2. The number of ether oxygens (including phenoxy) is 4. The molecule has 8 rings (SSSR count). The Morgan fingerprint density at radius 1 is 0.759 bits per heavy atom. The van der Waals surface area contributed by atoms with Crippen molar-refractivity contribution < 1.29 is 37.6 Å². The molecule has 0 bridgehead atoms. The van der Waals surface area contributed by atoms with Crippen molar-refractivity contribution in [3.8, 4) is 11.4 Å². The predicted molar refractivity (Wildman–Crippen MR) is 189 cm³/mol. The first kappa shape index (κ1) is 36.9. The van der Waals surface area contributed by atoms with E-state index in [1.807, 2.05) is 20.8 Å². The molecule has 1 N–H and O–H groups in total. The topological polar surface area (TPSA) is 146 Å². The first-order chi connectivity index (χ1) is 26.1. The number of benzene rings is 2. The Kier molecular flexibility index (Phi) is 10.9. The van der Waals surface area contributed by atoms with Gasteiger partial charge in [-0.15, -0.1) is 0 Å². The van der Waals surface area contributed by atoms with Crippen LogP contribution in [0.25, 0.3) is 11.4 Å². The molecule has 0 saturated carbocycles. The van der Waals surface area contributed by atoms with E-state index in [0.717, 1.165) is 5.69 Å². The van der Waals surface area contributed by atoms with Crippen LogP contribution in [0.1, 0.15) is 82.4 Å². The van der Waals surface area contributed by atoms with Crippen LogP contribution in [0, 0.1) is 25.5 Å². The van der Waals surface area contributed by atoms with Crippen molar-refractivity contribution >= 4 is 5.78 Å². The zero-order chi connectivity index (χ0) is 37.9. The van der Waals surface area contributed by atoms with Crippen LogP contribution in [0.4, 0.5) is 8.78 Å². The third-order valence-electron chi connectivity index (χ3n) is 8.90. The molecule has 2 fully saturated rings. The predicted octanol–water partition coefficient (Wildman–Crippen LogP) is 5.48. The number of carbonyl (C=O) groups is 1. The molecule has 0 radical (unpaired) electrons. The number of halogens is 2. The molecule has 1 unspecified atom stereocenters. The van der Waals surface area contributed by atoms with E-state index in [2.05, 4.69) is 20.4 Å². The molecule has 16 heteroatoms. The highest BCUT2D eigenvalue weighted by Gasteiger charge is 2.28. The standard InChI is InChI=1S/C19H21FN4O3.C19H19FN4O3/c2*1-3-23-11-13(10-21-23)18(25)17-8-12(2)22-24(17)16-5-4-14(20)9-15(16)19-26-6-7-27-19/h4-5,8-11,18-19,25H,3,6-7H2,1-2H3;4-5,8-11,19H,3,6-7H2,1-2H3. The van der Waals surface area contributed by atoms with Crippen molar-refractivity contribution in [1.82, 2.24) is 39.1 Å². The number of hydrogen-bond acceptors (Lipinski definition) is 10. The number of rotatable bonds is 10. The van der Waals surface area contributed by atoms with Crippen molar-refractivity contribution in [2.75, 3.05) is 26.4 Å². The Balaban J connectivity index is 0.000000167. The molecular weight excluding hydrogens is 702 g/mol. The van der Waals surface area contributed by atoms with Gasteiger partial charge in [0.1, 0.15) is 23.4 Å². The van der Waals surface area contributed by atoms with Crippen LogP contribution >= 0.6 is 0 Å². The monoisotopic (exact) mass is 742 g/mol. The second-order valence-electron chi connectivity index (χ2n) is 12.7. The van der Waals surface area contributed by atoms with E-state index in [4.69, 9.17) is 18.9 Å². The highest BCUT2D eigenvalue weighted by atomic mass is 19.1. The van der Waals surface area contributed by atoms with Gasteiger partial charge in [-0.3, -0.25) is 14.2 Å². The number of hydrogen-bond donors (Lipinski definition) is 1. The van der Waals surface area contributed by atoms with Gasteiger partial charge < -0.3 is 24.1 Å². The van der Waals surface area contributed by atoms with Crippen molar-refractivity contribution in [3.63, 3.8) is 0 Å². The Bertz CT molecular complexity index is 2250. The summed E-state index contributed by atoms with van der Waals surface area (Å²) in [7, 11) is 0. The highest BCUT2D eigenvalue weighted by molar-refractivity contribution is 6.08. The molecule has 6 heterocycles. The first-order valence-electron chi connectivity index (χ1n) is 17.6. The third-order valence-corrected chi connectivity index (χ3v) is 8.90. The van der Waals surface area contributed by atoms with Crippen LogP contribution in [0.2, 0.25) is 0 Å². The zero-order valence-corrected chi connectivity index (χ0v) is 30.2. The minimum absolute atomic E-state index is 0.209. The summed E-state index contributed by atoms with van der Waals surface area (Å²) in [6, 6.07) is 12.1. The molecule has 0 aliphatic carbocycles. The molecule has 2 aliphatic rings. The fourth-order valence-electron chi connectivity index (χ4n) is 6.31. The SMILES string of the molecule is CCn1cc(C(=O)c2cc(C)nn2-c2ccc(F)cc2C2OCCO2)cn1.CCn1cc(C(O)c2cc(C)nn2-c2ccc(F)cc2C2OCCO2)cn1. The summed E-state index contributed by atoms with van der Waals surface area (Å²) >= 11 is 0. The van der Waals surface area contributed by atoms with Gasteiger partial charge in [-0.25, -0.2) is 18.1 Å².